The molecule has 1 fully saturated rings. The van der Waals surface area contributed by atoms with Crippen LogP contribution in [0.5, 0.6) is 0 Å². The van der Waals surface area contributed by atoms with Gasteiger partial charge in [0, 0.05) is 6.54 Å². The maximum Gasteiger partial charge on any atom is 0.245 e. The molecule has 1 heterocycles. The molecule has 3 unspecified atom stereocenters. The number of hydrogen-bond acceptors (Lipinski definition) is 2. The minimum Gasteiger partial charge on any atom is -0.325 e. The maximum atomic E-state index is 12.7. The fraction of sp³-hybridized carbons (Fsp3) is 0.588. The van der Waals surface area contributed by atoms with Gasteiger partial charge in [0.25, 0.3) is 0 Å². The van der Waals surface area contributed by atoms with Crippen LogP contribution in [-0.4, -0.2) is 23.5 Å². The van der Waals surface area contributed by atoms with E-state index < -0.39 is 0 Å². The summed E-state index contributed by atoms with van der Waals surface area (Å²) in [6, 6.07) is 9.84. The van der Waals surface area contributed by atoms with Gasteiger partial charge in [-0.1, -0.05) is 64.4 Å². The summed E-state index contributed by atoms with van der Waals surface area (Å²) < 4.78 is 0. The summed E-state index contributed by atoms with van der Waals surface area (Å²) in [5, 5.41) is 3.51. The molecule has 0 spiro atoms. The summed E-state index contributed by atoms with van der Waals surface area (Å²) in [7, 11) is 0. The molecule has 0 radical (unpaired) electrons. The molecule has 0 aliphatic carbocycles. The monoisotopic (exact) mass is 274 g/mol. The van der Waals surface area contributed by atoms with Crippen molar-refractivity contribution >= 4 is 5.91 Å². The number of nitrogens with zero attached hydrogens (tertiary/aromatic N) is 1. The van der Waals surface area contributed by atoms with Crippen LogP contribution in [0.15, 0.2) is 30.3 Å². The normalized spacial score (nSPS) is 24.4. The molecule has 20 heavy (non-hydrogen) atoms. The van der Waals surface area contributed by atoms with E-state index in [1.807, 2.05) is 35.2 Å². The van der Waals surface area contributed by atoms with Crippen LogP contribution < -0.4 is 5.32 Å². The van der Waals surface area contributed by atoms with Crippen molar-refractivity contribution < 1.29 is 4.79 Å². The molecule has 1 aromatic rings. The fourth-order valence-electron chi connectivity index (χ4n) is 2.74. The molecular weight excluding hydrogens is 248 g/mol. The van der Waals surface area contributed by atoms with E-state index in [2.05, 4.69) is 33.0 Å². The van der Waals surface area contributed by atoms with Gasteiger partial charge in [-0.05, 0) is 17.4 Å². The standard InChI is InChI=1S/C17H26N2O/c1-5-13(4)11-19-16(12(2)3)18-15(17(19)20)14-9-7-6-8-10-14/h6-10,12-13,15-16,18H,5,11H2,1-4H3. The summed E-state index contributed by atoms with van der Waals surface area (Å²) in [6.45, 7) is 9.57. The Labute approximate surface area is 122 Å². The quantitative estimate of drug-likeness (QED) is 0.894. The van der Waals surface area contributed by atoms with Crippen LogP contribution in [0.2, 0.25) is 0 Å². The number of benzene rings is 1. The molecule has 3 heteroatoms. The van der Waals surface area contributed by atoms with Crippen molar-refractivity contribution in [2.75, 3.05) is 6.54 Å². The highest BCUT2D eigenvalue weighted by Crippen LogP contribution is 2.28. The molecule has 3 atom stereocenters. The minimum atomic E-state index is -0.187. The second-order valence-corrected chi connectivity index (χ2v) is 6.20. The molecule has 1 amide bonds. The van der Waals surface area contributed by atoms with Crippen molar-refractivity contribution in [2.45, 2.75) is 46.3 Å². The Bertz CT molecular complexity index is 444. The van der Waals surface area contributed by atoms with Gasteiger partial charge in [0.05, 0.1) is 6.17 Å². The Hall–Kier alpha value is -1.35. The van der Waals surface area contributed by atoms with Gasteiger partial charge in [-0.2, -0.15) is 0 Å². The second-order valence-electron chi connectivity index (χ2n) is 6.20. The Morgan fingerprint density at radius 3 is 2.40 bits per heavy atom. The van der Waals surface area contributed by atoms with Crippen molar-refractivity contribution in [3.05, 3.63) is 35.9 Å². The maximum absolute atomic E-state index is 12.7. The second kappa shape index (κ2) is 6.40. The zero-order valence-electron chi connectivity index (χ0n) is 13.0. The Balaban J connectivity index is 2.21. The SMILES string of the molecule is CCC(C)CN1C(=O)C(c2ccccc2)NC1C(C)C. The first kappa shape index (κ1) is 15.0. The third-order valence-electron chi connectivity index (χ3n) is 4.17. The first-order chi connectivity index (χ1) is 9.54. The van der Waals surface area contributed by atoms with E-state index in [1.165, 1.54) is 0 Å². The topological polar surface area (TPSA) is 32.3 Å². The van der Waals surface area contributed by atoms with E-state index >= 15 is 0 Å². The predicted molar refractivity (Wildman–Crippen MR) is 82.1 cm³/mol. The van der Waals surface area contributed by atoms with Crippen LogP contribution in [0, 0.1) is 11.8 Å². The van der Waals surface area contributed by atoms with Gasteiger partial charge in [0.15, 0.2) is 0 Å². The summed E-state index contributed by atoms with van der Waals surface area (Å²) in [4.78, 5) is 14.8. The van der Waals surface area contributed by atoms with Gasteiger partial charge in [0.2, 0.25) is 5.91 Å². The molecule has 1 aliphatic rings. The molecule has 0 saturated carbocycles. The first-order valence-corrected chi connectivity index (χ1v) is 7.66. The first-order valence-electron chi connectivity index (χ1n) is 7.66. The molecule has 1 aromatic carbocycles. The zero-order chi connectivity index (χ0) is 14.7. The lowest BCUT2D eigenvalue weighted by molar-refractivity contribution is -0.131. The largest absolute Gasteiger partial charge is 0.325 e. The number of rotatable bonds is 5. The van der Waals surface area contributed by atoms with Crippen molar-refractivity contribution in [3.8, 4) is 0 Å². The Kier molecular flexibility index (Phi) is 4.81. The molecule has 2 rings (SSSR count). The van der Waals surface area contributed by atoms with Crippen molar-refractivity contribution in [1.29, 1.82) is 0 Å². The van der Waals surface area contributed by atoms with Crippen molar-refractivity contribution in [1.82, 2.24) is 10.2 Å². The van der Waals surface area contributed by atoms with Crippen molar-refractivity contribution in [3.63, 3.8) is 0 Å². The van der Waals surface area contributed by atoms with E-state index in [0.29, 0.717) is 11.8 Å². The van der Waals surface area contributed by atoms with E-state index in [9.17, 15) is 4.79 Å². The number of amides is 1. The fourth-order valence-corrected chi connectivity index (χ4v) is 2.74. The zero-order valence-corrected chi connectivity index (χ0v) is 13.0. The molecule has 110 valence electrons. The molecule has 1 aliphatic heterocycles. The van der Waals surface area contributed by atoms with Gasteiger partial charge >= 0.3 is 0 Å². The smallest absolute Gasteiger partial charge is 0.245 e. The average molecular weight is 274 g/mol. The summed E-state index contributed by atoms with van der Waals surface area (Å²) in [5.74, 6) is 1.17. The molecule has 1 N–H and O–H groups in total. The van der Waals surface area contributed by atoms with Gasteiger partial charge in [-0.15, -0.1) is 0 Å². The molecule has 1 saturated heterocycles. The Morgan fingerprint density at radius 2 is 1.85 bits per heavy atom. The van der Waals surface area contributed by atoms with Crippen LogP contribution in [0.25, 0.3) is 0 Å². The van der Waals surface area contributed by atoms with Gasteiger partial charge in [0.1, 0.15) is 6.04 Å². The lowest BCUT2D eigenvalue weighted by atomic mass is 10.1. The predicted octanol–water partition coefficient (Wildman–Crippen LogP) is 3.19. The van der Waals surface area contributed by atoms with Gasteiger partial charge in [-0.3, -0.25) is 10.1 Å². The lowest BCUT2D eigenvalue weighted by Crippen LogP contribution is -2.43. The number of carbonyl (C=O) groups is 1. The van der Waals surface area contributed by atoms with Crippen LogP contribution in [0.4, 0.5) is 0 Å². The Morgan fingerprint density at radius 1 is 1.20 bits per heavy atom. The summed E-state index contributed by atoms with van der Waals surface area (Å²) >= 11 is 0. The van der Waals surface area contributed by atoms with E-state index in [1.54, 1.807) is 0 Å². The van der Waals surface area contributed by atoms with Gasteiger partial charge < -0.3 is 4.90 Å². The molecule has 0 aromatic heterocycles. The van der Waals surface area contributed by atoms with Crippen LogP contribution >= 0.6 is 0 Å². The number of hydrogen-bond donors (Lipinski definition) is 1. The number of carbonyl (C=O) groups excluding carboxylic acids is 1. The van der Waals surface area contributed by atoms with E-state index in [0.717, 1.165) is 18.5 Å². The molecule has 0 bridgehead atoms. The highest BCUT2D eigenvalue weighted by molar-refractivity contribution is 5.85. The van der Waals surface area contributed by atoms with E-state index in [4.69, 9.17) is 0 Å². The minimum absolute atomic E-state index is 0.140. The third kappa shape index (κ3) is 3.04. The lowest BCUT2D eigenvalue weighted by Gasteiger charge is -2.29. The highest BCUT2D eigenvalue weighted by atomic mass is 16.2. The molecule has 3 nitrogen and oxygen atoms in total. The highest BCUT2D eigenvalue weighted by Gasteiger charge is 2.40. The van der Waals surface area contributed by atoms with Crippen LogP contribution in [0.3, 0.4) is 0 Å². The summed E-state index contributed by atoms with van der Waals surface area (Å²) in [6.07, 6.45) is 1.24. The van der Waals surface area contributed by atoms with Crippen LogP contribution in [-0.2, 0) is 4.79 Å². The van der Waals surface area contributed by atoms with E-state index in [-0.39, 0.29) is 18.1 Å². The van der Waals surface area contributed by atoms with Crippen LogP contribution in [0.1, 0.15) is 45.7 Å². The third-order valence-corrected chi connectivity index (χ3v) is 4.17. The van der Waals surface area contributed by atoms with Crippen molar-refractivity contribution in [2.24, 2.45) is 11.8 Å². The van der Waals surface area contributed by atoms with Gasteiger partial charge in [-0.25, -0.2) is 0 Å². The summed E-state index contributed by atoms with van der Waals surface area (Å²) in [5.41, 5.74) is 1.06. The number of nitrogens with one attached hydrogen (secondary N) is 1. The average Bonchev–Trinajstić information content (AvgIpc) is 2.77. The molecular formula is C17H26N2O.